The van der Waals surface area contributed by atoms with Crippen molar-refractivity contribution in [3.8, 4) is 0 Å². The van der Waals surface area contributed by atoms with Crippen LogP contribution in [0, 0.1) is 13.8 Å². The number of aliphatic hydroxyl groups is 1. The van der Waals surface area contributed by atoms with Crippen LogP contribution in [-0.4, -0.2) is 35.1 Å². The predicted molar refractivity (Wildman–Crippen MR) is 66.8 cm³/mol. The number of nitrogens with zero attached hydrogens (tertiary/aromatic N) is 1. The molecule has 17 heavy (non-hydrogen) atoms. The Morgan fingerprint density at radius 3 is 2.76 bits per heavy atom. The van der Waals surface area contributed by atoms with Crippen LogP contribution in [0.15, 0.2) is 18.2 Å². The normalized spacial score (nSPS) is 19.7. The number of carbonyl (C=O) groups is 1. The summed E-state index contributed by atoms with van der Waals surface area (Å²) >= 11 is 0. The molecule has 1 heterocycles. The van der Waals surface area contributed by atoms with Gasteiger partial charge in [-0.3, -0.25) is 4.79 Å². The minimum absolute atomic E-state index is 0.116. The van der Waals surface area contributed by atoms with Crippen LogP contribution >= 0.6 is 0 Å². The Morgan fingerprint density at radius 1 is 1.41 bits per heavy atom. The van der Waals surface area contributed by atoms with E-state index in [0.717, 1.165) is 5.56 Å². The molecule has 0 aliphatic carbocycles. The Morgan fingerprint density at radius 2 is 2.18 bits per heavy atom. The molecule has 1 aromatic carbocycles. The van der Waals surface area contributed by atoms with Crippen molar-refractivity contribution >= 4 is 5.91 Å². The molecule has 92 valence electrons. The first-order valence-electron chi connectivity index (χ1n) is 6.08. The van der Waals surface area contributed by atoms with Crippen LogP contribution in [0.1, 0.15) is 23.1 Å². The lowest BCUT2D eigenvalue weighted by Crippen LogP contribution is -2.30. The number of benzene rings is 1. The Kier molecular flexibility index (Phi) is 3.48. The molecule has 0 unspecified atom stereocenters. The maximum absolute atomic E-state index is 12.0. The molecule has 3 heteroatoms. The van der Waals surface area contributed by atoms with Gasteiger partial charge >= 0.3 is 0 Å². The molecule has 0 aromatic heterocycles. The number of carbonyl (C=O) groups excluding carboxylic acids is 1. The number of β-amino-alcohol motifs (C(OH)–C–C–N with tert-alkyl or cyclic N) is 1. The second-order valence-electron chi connectivity index (χ2n) is 4.88. The first-order chi connectivity index (χ1) is 8.06. The van der Waals surface area contributed by atoms with Crippen LogP contribution in [0.5, 0.6) is 0 Å². The SMILES string of the molecule is Cc1ccc(CC(=O)N2CC[C@@H](O)C2)cc1C. The molecule has 1 aromatic rings. The van der Waals surface area contributed by atoms with Crippen molar-refractivity contribution in [2.24, 2.45) is 0 Å². The summed E-state index contributed by atoms with van der Waals surface area (Å²) in [5, 5.41) is 9.40. The maximum atomic E-state index is 12.0. The van der Waals surface area contributed by atoms with E-state index >= 15 is 0 Å². The first kappa shape index (κ1) is 12.1. The lowest BCUT2D eigenvalue weighted by molar-refractivity contribution is -0.129. The lowest BCUT2D eigenvalue weighted by atomic mass is 10.0. The Labute approximate surface area is 102 Å². The molecule has 1 fully saturated rings. The van der Waals surface area contributed by atoms with Crippen LogP contribution in [0.3, 0.4) is 0 Å². The molecule has 0 bridgehead atoms. The average molecular weight is 233 g/mol. The minimum Gasteiger partial charge on any atom is -0.391 e. The van der Waals surface area contributed by atoms with Gasteiger partial charge in [0.05, 0.1) is 12.5 Å². The van der Waals surface area contributed by atoms with E-state index < -0.39 is 0 Å². The van der Waals surface area contributed by atoms with Crippen LogP contribution in [0.4, 0.5) is 0 Å². The van der Waals surface area contributed by atoms with Gasteiger partial charge in [-0.25, -0.2) is 0 Å². The molecule has 0 spiro atoms. The fraction of sp³-hybridized carbons (Fsp3) is 0.500. The summed E-state index contributed by atoms with van der Waals surface area (Å²) < 4.78 is 0. The van der Waals surface area contributed by atoms with Crippen molar-refractivity contribution in [2.75, 3.05) is 13.1 Å². The highest BCUT2D eigenvalue weighted by Gasteiger charge is 2.24. The Hall–Kier alpha value is -1.35. The fourth-order valence-corrected chi connectivity index (χ4v) is 2.17. The maximum Gasteiger partial charge on any atom is 0.227 e. The zero-order valence-corrected chi connectivity index (χ0v) is 10.4. The molecular formula is C14H19NO2. The van der Waals surface area contributed by atoms with Gasteiger partial charge in [-0.2, -0.15) is 0 Å². The summed E-state index contributed by atoms with van der Waals surface area (Å²) in [6.45, 7) is 5.30. The molecule has 1 aliphatic rings. The van der Waals surface area contributed by atoms with Gasteiger partial charge in [0, 0.05) is 13.1 Å². The number of aliphatic hydroxyl groups excluding tert-OH is 1. The highest BCUT2D eigenvalue weighted by Crippen LogP contribution is 2.14. The topological polar surface area (TPSA) is 40.5 Å². The van der Waals surface area contributed by atoms with Crippen LogP contribution in [-0.2, 0) is 11.2 Å². The molecule has 1 N–H and O–H groups in total. The summed E-state index contributed by atoms with van der Waals surface area (Å²) in [7, 11) is 0. The predicted octanol–water partition coefficient (Wildman–Crippen LogP) is 1.44. The second kappa shape index (κ2) is 4.88. The number of rotatable bonds is 2. The van der Waals surface area contributed by atoms with Crippen molar-refractivity contribution < 1.29 is 9.90 Å². The lowest BCUT2D eigenvalue weighted by Gasteiger charge is -2.15. The van der Waals surface area contributed by atoms with Gasteiger partial charge in [-0.15, -0.1) is 0 Å². The van der Waals surface area contributed by atoms with E-state index in [2.05, 4.69) is 26.0 Å². The molecule has 1 amide bonds. The average Bonchev–Trinajstić information content (AvgIpc) is 2.70. The van der Waals surface area contributed by atoms with Gasteiger partial charge in [0.1, 0.15) is 0 Å². The third-order valence-electron chi connectivity index (χ3n) is 3.44. The standard InChI is InChI=1S/C14H19NO2/c1-10-3-4-12(7-11(10)2)8-14(17)15-6-5-13(16)9-15/h3-4,7,13,16H,5-6,8-9H2,1-2H3/t13-/m1/s1. The van der Waals surface area contributed by atoms with Crippen molar-refractivity contribution in [1.29, 1.82) is 0 Å². The fourth-order valence-electron chi connectivity index (χ4n) is 2.17. The number of hydrogen-bond acceptors (Lipinski definition) is 2. The van der Waals surface area contributed by atoms with E-state index in [1.54, 1.807) is 4.90 Å². The molecule has 0 radical (unpaired) electrons. The zero-order valence-electron chi connectivity index (χ0n) is 10.4. The molecule has 2 rings (SSSR count). The monoisotopic (exact) mass is 233 g/mol. The van der Waals surface area contributed by atoms with Crippen molar-refractivity contribution in [3.63, 3.8) is 0 Å². The van der Waals surface area contributed by atoms with E-state index in [9.17, 15) is 9.90 Å². The summed E-state index contributed by atoms with van der Waals surface area (Å²) in [5.41, 5.74) is 3.52. The smallest absolute Gasteiger partial charge is 0.227 e. The third-order valence-corrected chi connectivity index (χ3v) is 3.44. The Balaban J connectivity index is 2.00. The number of hydrogen-bond donors (Lipinski definition) is 1. The van der Waals surface area contributed by atoms with Gasteiger partial charge in [0.15, 0.2) is 0 Å². The number of amides is 1. The van der Waals surface area contributed by atoms with Crippen molar-refractivity contribution in [1.82, 2.24) is 4.90 Å². The zero-order chi connectivity index (χ0) is 12.4. The first-order valence-corrected chi connectivity index (χ1v) is 6.08. The summed E-state index contributed by atoms with van der Waals surface area (Å²) in [5.74, 6) is 0.116. The molecular weight excluding hydrogens is 214 g/mol. The minimum atomic E-state index is -0.335. The van der Waals surface area contributed by atoms with E-state index in [1.807, 2.05) is 6.07 Å². The summed E-state index contributed by atoms with van der Waals surface area (Å²) in [4.78, 5) is 13.7. The van der Waals surface area contributed by atoms with E-state index in [-0.39, 0.29) is 12.0 Å². The highest BCUT2D eigenvalue weighted by molar-refractivity contribution is 5.79. The highest BCUT2D eigenvalue weighted by atomic mass is 16.3. The second-order valence-corrected chi connectivity index (χ2v) is 4.88. The summed E-state index contributed by atoms with van der Waals surface area (Å²) in [6, 6.07) is 6.13. The van der Waals surface area contributed by atoms with Gasteiger partial charge in [0.2, 0.25) is 5.91 Å². The van der Waals surface area contributed by atoms with E-state index in [1.165, 1.54) is 11.1 Å². The number of aryl methyl sites for hydroxylation is 2. The van der Waals surface area contributed by atoms with E-state index in [4.69, 9.17) is 0 Å². The van der Waals surface area contributed by atoms with Crippen LogP contribution in [0.25, 0.3) is 0 Å². The van der Waals surface area contributed by atoms with Crippen molar-refractivity contribution in [3.05, 3.63) is 34.9 Å². The van der Waals surface area contributed by atoms with Gasteiger partial charge in [-0.1, -0.05) is 18.2 Å². The van der Waals surface area contributed by atoms with Gasteiger partial charge in [-0.05, 0) is 37.0 Å². The van der Waals surface area contributed by atoms with Gasteiger partial charge in [0.25, 0.3) is 0 Å². The summed E-state index contributed by atoms with van der Waals surface area (Å²) in [6.07, 6.45) is 0.811. The molecule has 1 saturated heterocycles. The van der Waals surface area contributed by atoms with Crippen molar-refractivity contribution in [2.45, 2.75) is 32.8 Å². The Bertz CT molecular complexity index is 428. The largest absolute Gasteiger partial charge is 0.391 e. The quantitative estimate of drug-likeness (QED) is 0.839. The van der Waals surface area contributed by atoms with Crippen LogP contribution in [0.2, 0.25) is 0 Å². The van der Waals surface area contributed by atoms with Crippen LogP contribution < -0.4 is 0 Å². The third kappa shape index (κ3) is 2.86. The number of likely N-dealkylation sites (tertiary alicyclic amines) is 1. The van der Waals surface area contributed by atoms with Gasteiger partial charge < -0.3 is 10.0 Å². The molecule has 0 saturated carbocycles. The van der Waals surface area contributed by atoms with E-state index in [0.29, 0.717) is 25.9 Å². The molecule has 1 atom stereocenters. The molecule has 1 aliphatic heterocycles. The molecule has 3 nitrogen and oxygen atoms in total.